The lowest BCUT2D eigenvalue weighted by atomic mass is 10.5. The summed E-state index contributed by atoms with van der Waals surface area (Å²) >= 11 is 0. The molecule has 0 bridgehead atoms. The maximum absolute atomic E-state index is 5.36. The van der Waals surface area contributed by atoms with Crippen LogP contribution >= 0.6 is 0 Å². The number of rotatable bonds is 5. The van der Waals surface area contributed by atoms with E-state index >= 15 is 0 Å². The molecule has 108 valence electrons. The Kier molecular flexibility index (Phi) is 16.9. The second kappa shape index (κ2) is 12.8. The van der Waals surface area contributed by atoms with Crippen molar-refractivity contribution < 1.29 is 8.85 Å². The summed E-state index contributed by atoms with van der Waals surface area (Å²) in [4.78, 5) is 0. The summed E-state index contributed by atoms with van der Waals surface area (Å²) < 4.78 is 10.4. The average Bonchev–Trinajstić information content (AvgIpc) is 2.29. The molecule has 2 N–H and O–H groups in total. The fraction of sp³-hybridized carbons (Fsp3) is 1.00. The van der Waals surface area contributed by atoms with Crippen molar-refractivity contribution in [3.8, 4) is 0 Å². The summed E-state index contributed by atoms with van der Waals surface area (Å²) in [6, 6.07) is 1.18. The molecule has 0 unspecified atom stereocenters. The Balaban J connectivity index is -0.000000213. The number of hydrogen-bond donors (Lipinski definition) is 1. The van der Waals surface area contributed by atoms with Crippen LogP contribution in [0.5, 0.6) is 0 Å². The Labute approximate surface area is 111 Å². The van der Waals surface area contributed by atoms with Gasteiger partial charge in [0, 0.05) is 14.2 Å². The quantitative estimate of drug-likeness (QED) is 0.782. The SMILES string of the molecule is CC.CO[Si](C)(C)C.CO[Si](C)(C)CCCN. The van der Waals surface area contributed by atoms with E-state index < -0.39 is 16.6 Å². The molecule has 0 aliphatic carbocycles. The fourth-order valence-electron chi connectivity index (χ4n) is 0.630. The maximum Gasteiger partial charge on any atom is 0.186 e. The topological polar surface area (TPSA) is 44.5 Å². The van der Waals surface area contributed by atoms with Crippen LogP contribution in [-0.4, -0.2) is 37.4 Å². The van der Waals surface area contributed by atoms with Gasteiger partial charge in [-0.05, 0) is 51.7 Å². The Morgan fingerprint density at radius 3 is 1.41 bits per heavy atom. The van der Waals surface area contributed by atoms with E-state index in [1.165, 1.54) is 6.04 Å². The molecule has 0 aliphatic rings. The Morgan fingerprint density at radius 2 is 1.24 bits per heavy atom. The van der Waals surface area contributed by atoms with Crippen molar-refractivity contribution in [1.29, 1.82) is 0 Å². The molecule has 0 aliphatic heterocycles. The molecule has 0 aromatic heterocycles. The van der Waals surface area contributed by atoms with Crippen molar-refractivity contribution in [2.75, 3.05) is 20.8 Å². The van der Waals surface area contributed by atoms with Crippen molar-refractivity contribution in [2.45, 2.75) is 59.0 Å². The van der Waals surface area contributed by atoms with Gasteiger partial charge in [0.1, 0.15) is 0 Å². The third-order valence-corrected chi connectivity index (χ3v) is 6.04. The molecule has 5 heteroatoms. The van der Waals surface area contributed by atoms with Crippen molar-refractivity contribution in [1.82, 2.24) is 0 Å². The predicted molar refractivity (Wildman–Crippen MR) is 84.7 cm³/mol. The third kappa shape index (κ3) is 26.1. The van der Waals surface area contributed by atoms with E-state index in [9.17, 15) is 0 Å². The summed E-state index contributed by atoms with van der Waals surface area (Å²) in [7, 11) is 1.16. The summed E-state index contributed by atoms with van der Waals surface area (Å²) in [5, 5.41) is 0. The molecule has 0 saturated heterocycles. The Hall–Kier alpha value is 0.314. The lowest BCUT2D eigenvalue weighted by Gasteiger charge is -2.18. The van der Waals surface area contributed by atoms with Gasteiger partial charge in [0.05, 0.1) is 0 Å². The first kappa shape index (κ1) is 22.5. The van der Waals surface area contributed by atoms with Crippen LogP contribution in [-0.2, 0) is 8.85 Å². The van der Waals surface area contributed by atoms with Gasteiger partial charge >= 0.3 is 0 Å². The summed E-state index contributed by atoms with van der Waals surface area (Å²) in [5.41, 5.74) is 5.36. The molecule has 0 heterocycles. The molecule has 3 nitrogen and oxygen atoms in total. The van der Waals surface area contributed by atoms with Crippen LogP contribution in [0, 0.1) is 0 Å². The molecule has 0 aromatic rings. The summed E-state index contributed by atoms with van der Waals surface area (Å²) in [6.45, 7) is 15.7. The smallest absolute Gasteiger partial charge is 0.186 e. The molecule has 0 rings (SSSR count). The second-order valence-corrected chi connectivity index (χ2v) is 14.2. The van der Waals surface area contributed by atoms with Crippen LogP contribution in [0.2, 0.25) is 38.8 Å². The highest BCUT2D eigenvalue weighted by atomic mass is 28.4. The van der Waals surface area contributed by atoms with Crippen LogP contribution in [0.15, 0.2) is 0 Å². The van der Waals surface area contributed by atoms with E-state index in [0.29, 0.717) is 0 Å². The van der Waals surface area contributed by atoms with E-state index in [4.69, 9.17) is 14.6 Å². The maximum atomic E-state index is 5.36. The van der Waals surface area contributed by atoms with Gasteiger partial charge in [-0.3, -0.25) is 0 Å². The van der Waals surface area contributed by atoms with E-state index in [1.807, 2.05) is 13.8 Å². The minimum Gasteiger partial charge on any atom is -0.421 e. The largest absolute Gasteiger partial charge is 0.421 e. The van der Waals surface area contributed by atoms with Crippen LogP contribution in [0.1, 0.15) is 20.3 Å². The predicted octanol–water partition coefficient (Wildman–Crippen LogP) is 3.68. The lowest BCUT2D eigenvalue weighted by Crippen LogP contribution is -2.28. The van der Waals surface area contributed by atoms with Crippen LogP contribution < -0.4 is 5.73 Å². The average molecular weight is 282 g/mol. The number of nitrogens with two attached hydrogens (primary N) is 1. The molecular formula is C12H35NO2Si2. The molecule has 0 fully saturated rings. The van der Waals surface area contributed by atoms with Crippen LogP contribution in [0.4, 0.5) is 0 Å². The minimum atomic E-state index is -1.28. The van der Waals surface area contributed by atoms with Crippen molar-refractivity contribution in [2.24, 2.45) is 5.73 Å². The van der Waals surface area contributed by atoms with Crippen molar-refractivity contribution >= 4 is 16.6 Å². The Morgan fingerprint density at radius 1 is 0.882 bits per heavy atom. The lowest BCUT2D eigenvalue weighted by molar-refractivity contribution is 0.402. The van der Waals surface area contributed by atoms with Gasteiger partial charge in [0.15, 0.2) is 16.6 Å². The number of hydrogen-bond acceptors (Lipinski definition) is 3. The van der Waals surface area contributed by atoms with Crippen molar-refractivity contribution in [3.05, 3.63) is 0 Å². The van der Waals surface area contributed by atoms with Gasteiger partial charge in [-0.25, -0.2) is 0 Å². The van der Waals surface area contributed by atoms with Gasteiger partial charge in [-0.15, -0.1) is 0 Å². The first-order valence-electron chi connectivity index (χ1n) is 6.49. The van der Waals surface area contributed by atoms with Gasteiger partial charge in [0.25, 0.3) is 0 Å². The summed E-state index contributed by atoms with van der Waals surface area (Å²) in [5.74, 6) is 0. The zero-order chi connectivity index (χ0) is 14.5. The standard InChI is InChI=1S/C6H17NOSi.C4H12OSi.C2H6/c1-8-9(2,3)6-4-5-7;1-5-6(2,3)4;1-2/h4-7H2,1-3H3;1-4H3;1-2H3. The molecule has 17 heavy (non-hydrogen) atoms. The monoisotopic (exact) mass is 281 g/mol. The van der Waals surface area contributed by atoms with Gasteiger partial charge < -0.3 is 14.6 Å². The first-order chi connectivity index (χ1) is 7.68. The van der Waals surface area contributed by atoms with E-state index in [0.717, 1.165) is 13.0 Å². The molecule has 0 amide bonds. The summed E-state index contributed by atoms with van der Waals surface area (Å²) in [6.07, 6.45) is 1.10. The Bertz CT molecular complexity index is 148. The van der Waals surface area contributed by atoms with Crippen LogP contribution in [0.3, 0.4) is 0 Å². The first-order valence-corrected chi connectivity index (χ1v) is 13.0. The van der Waals surface area contributed by atoms with E-state index in [-0.39, 0.29) is 0 Å². The minimum absolute atomic E-state index is 0.791. The fourth-order valence-corrected chi connectivity index (χ4v) is 1.89. The van der Waals surface area contributed by atoms with Gasteiger partial charge in [0.2, 0.25) is 0 Å². The van der Waals surface area contributed by atoms with Gasteiger partial charge in [-0.1, -0.05) is 13.8 Å². The molecule has 0 saturated carbocycles. The molecule has 0 aromatic carbocycles. The zero-order valence-electron chi connectivity index (χ0n) is 13.5. The van der Waals surface area contributed by atoms with Gasteiger partial charge in [-0.2, -0.15) is 0 Å². The van der Waals surface area contributed by atoms with E-state index in [1.54, 1.807) is 14.2 Å². The highest BCUT2D eigenvalue weighted by molar-refractivity contribution is 6.71. The molecular weight excluding hydrogens is 246 g/mol. The second-order valence-electron chi connectivity index (χ2n) is 5.17. The highest BCUT2D eigenvalue weighted by Crippen LogP contribution is 2.10. The highest BCUT2D eigenvalue weighted by Gasteiger charge is 2.18. The zero-order valence-corrected chi connectivity index (χ0v) is 15.5. The van der Waals surface area contributed by atoms with Crippen LogP contribution in [0.25, 0.3) is 0 Å². The molecule has 0 spiro atoms. The molecule has 0 atom stereocenters. The normalized spacial score (nSPS) is 10.9. The van der Waals surface area contributed by atoms with E-state index in [2.05, 4.69) is 32.7 Å². The van der Waals surface area contributed by atoms with Crippen molar-refractivity contribution in [3.63, 3.8) is 0 Å². The molecule has 0 radical (unpaired) electrons. The third-order valence-electron chi connectivity index (χ3n) is 2.15.